The summed E-state index contributed by atoms with van der Waals surface area (Å²) in [4.78, 5) is 0. The average Bonchev–Trinajstić information content (AvgIpc) is 2.38. The monoisotopic (exact) mass is 208 g/mol. The summed E-state index contributed by atoms with van der Waals surface area (Å²) in [5.41, 5.74) is 3.49. The van der Waals surface area contributed by atoms with Gasteiger partial charge in [-0.2, -0.15) is 0 Å². The van der Waals surface area contributed by atoms with Crippen LogP contribution in [0.2, 0.25) is 0 Å². The number of nitrogens with zero attached hydrogens (tertiary/aromatic N) is 2. The van der Waals surface area contributed by atoms with E-state index in [1.54, 1.807) is 0 Å². The zero-order valence-electron chi connectivity index (χ0n) is 8.88. The number of hydrogen-bond donors (Lipinski definition) is 0. The van der Waals surface area contributed by atoms with Gasteiger partial charge < -0.3 is 0 Å². The van der Waals surface area contributed by atoms with Crippen LogP contribution in [0.1, 0.15) is 5.56 Å². The molecule has 0 fully saturated rings. The molecule has 16 heavy (non-hydrogen) atoms. The molecule has 2 heteroatoms. The van der Waals surface area contributed by atoms with E-state index in [0.717, 1.165) is 5.70 Å². The molecule has 0 N–H and O–H groups in total. The first-order valence-corrected chi connectivity index (χ1v) is 5.27. The normalized spacial score (nSPS) is 16.6. The van der Waals surface area contributed by atoms with Gasteiger partial charge >= 0.3 is 0 Å². The van der Waals surface area contributed by atoms with Crippen molar-refractivity contribution in [1.29, 1.82) is 0 Å². The fourth-order valence-electron chi connectivity index (χ4n) is 2.01. The first-order valence-electron chi connectivity index (χ1n) is 5.27. The Morgan fingerprint density at radius 3 is 2.56 bits per heavy atom. The lowest BCUT2D eigenvalue weighted by atomic mass is 10.1. The molecule has 0 aromatic heterocycles. The van der Waals surface area contributed by atoms with E-state index in [1.807, 2.05) is 24.4 Å². The summed E-state index contributed by atoms with van der Waals surface area (Å²) in [6, 6.07) is 8.33. The minimum Gasteiger partial charge on any atom is -0.257 e. The summed E-state index contributed by atoms with van der Waals surface area (Å²) >= 11 is 0. The van der Waals surface area contributed by atoms with E-state index >= 15 is 0 Å². The van der Waals surface area contributed by atoms with Crippen molar-refractivity contribution in [2.45, 2.75) is 0 Å². The zero-order valence-corrected chi connectivity index (χ0v) is 8.88. The van der Waals surface area contributed by atoms with E-state index < -0.39 is 0 Å². The van der Waals surface area contributed by atoms with Gasteiger partial charge in [0.05, 0.1) is 11.4 Å². The molecule has 0 aliphatic carbocycles. The number of rotatable bonds is 1. The largest absolute Gasteiger partial charge is 0.257 e. The first-order chi connectivity index (χ1) is 7.90. The number of benzene rings is 1. The first kappa shape index (κ1) is 9.04. The molecule has 1 aromatic carbocycles. The highest BCUT2D eigenvalue weighted by Gasteiger charge is 2.21. The third-order valence-corrected chi connectivity index (χ3v) is 2.76. The summed E-state index contributed by atoms with van der Waals surface area (Å²) < 4.78 is 0. The predicted octanol–water partition coefficient (Wildman–Crippen LogP) is 3.29. The van der Waals surface area contributed by atoms with Crippen LogP contribution in [-0.4, -0.2) is 5.01 Å². The number of anilines is 1. The Kier molecular flexibility index (Phi) is 1.93. The van der Waals surface area contributed by atoms with Crippen molar-refractivity contribution < 1.29 is 0 Å². The van der Waals surface area contributed by atoms with Crippen molar-refractivity contribution in [3.05, 3.63) is 72.7 Å². The van der Waals surface area contributed by atoms with Gasteiger partial charge in [0.15, 0.2) is 0 Å². The lowest BCUT2D eigenvalue weighted by Crippen LogP contribution is -2.37. The average molecular weight is 208 g/mol. The van der Waals surface area contributed by atoms with E-state index in [0.29, 0.717) is 0 Å². The van der Waals surface area contributed by atoms with E-state index in [-0.39, 0.29) is 0 Å². The van der Waals surface area contributed by atoms with Crippen molar-refractivity contribution in [3.63, 3.8) is 0 Å². The maximum Gasteiger partial charge on any atom is 0.0702 e. The number of hydrogen-bond acceptors (Lipinski definition) is 2. The van der Waals surface area contributed by atoms with Crippen LogP contribution in [0.5, 0.6) is 0 Å². The summed E-state index contributed by atoms with van der Waals surface area (Å²) in [5.74, 6) is 0. The molecule has 2 aliphatic heterocycles. The minimum atomic E-state index is 1.08. The van der Waals surface area contributed by atoms with Crippen LogP contribution in [-0.2, 0) is 0 Å². The summed E-state index contributed by atoms with van der Waals surface area (Å²) in [7, 11) is 0. The highest BCUT2D eigenvalue weighted by Crippen LogP contribution is 2.33. The molecule has 0 saturated carbocycles. The van der Waals surface area contributed by atoms with Crippen LogP contribution >= 0.6 is 0 Å². The van der Waals surface area contributed by atoms with Gasteiger partial charge in [0.2, 0.25) is 0 Å². The Morgan fingerprint density at radius 2 is 1.75 bits per heavy atom. The molecule has 2 aliphatic rings. The highest BCUT2D eigenvalue weighted by atomic mass is 15.6. The molecule has 2 nitrogen and oxygen atoms in total. The van der Waals surface area contributed by atoms with Crippen LogP contribution in [0, 0.1) is 0 Å². The summed E-state index contributed by atoms with van der Waals surface area (Å²) in [6.07, 6.45) is 12.1. The van der Waals surface area contributed by atoms with Crippen LogP contribution < -0.4 is 5.01 Å². The van der Waals surface area contributed by atoms with Gasteiger partial charge in [-0.3, -0.25) is 10.0 Å². The molecule has 0 atom stereocenters. The smallest absolute Gasteiger partial charge is 0.0702 e. The van der Waals surface area contributed by atoms with Gasteiger partial charge in [0, 0.05) is 18.0 Å². The quantitative estimate of drug-likeness (QED) is 0.698. The van der Waals surface area contributed by atoms with Crippen molar-refractivity contribution in [3.8, 4) is 0 Å². The maximum absolute atomic E-state index is 3.85. The minimum absolute atomic E-state index is 1.08. The molecule has 0 amide bonds. The number of allylic oxidation sites excluding steroid dienone is 3. The van der Waals surface area contributed by atoms with Gasteiger partial charge in [-0.25, -0.2) is 0 Å². The van der Waals surface area contributed by atoms with Crippen LogP contribution in [0.25, 0.3) is 6.08 Å². The molecule has 3 rings (SSSR count). The van der Waals surface area contributed by atoms with Crippen molar-refractivity contribution in [1.82, 2.24) is 5.01 Å². The van der Waals surface area contributed by atoms with Gasteiger partial charge in [-0.1, -0.05) is 24.8 Å². The molecule has 0 spiro atoms. The van der Waals surface area contributed by atoms with Gasteiger partial charge in [-0.15, -0.1) is 0 Å². The Balaban J connectivity index is 2.21. The molecule has 0 radical (unpaired) electrons. The van der Waals surface area contributed by atoms with Crippen molar-refractivity contribution in [2.24, 2.45) is 0 Å². The fraction of sp³-hybridized carbons (Fsp3) is 0. The SMILES string of the molecule is C=CC1=Cc2ccccc2N2C=CC=CN12. The molecule has 0 saturated heterocycles. The van der Waals surface area contributed by atoms with E-state index in [9.17, 15) is 0 Å². The molecule has 2 heterocycles. The van der Waals surface area contributed by atoms with E-state index in [1.165, 1.54) is 11.3 Å². The third kappa shape index (κ3) is 1.20. The van der Waals surface area contributed by atoms with Gasteiger partial charge in [0.1, 0.15) is 0 Å². The lowest BCUT2D eigenvalue weighted by Gasteiger charge is -2.39. The number of para-hydroxylation sites is 1. The van der Waals surface area contributed by atoms with Crippen molar-refractivity contribution >= 4 is 11.8 Å². The molecule has 0 bridgehead atoms. The topological polar surface area (TPSA) is 6.48 Å². The molecule has 78 valence electrons. The number of fused-ring (bicyclic) bond motifs is 3. The second-order valence-corrected chi connectivity index (χ2v) is 3.70. The molecular formula is C14H12N2. The second-order valence-electron chi connectivity index (χ2n) is 3.70. The second kappa shape index (κ2) is 3.42. The van der Waals surface area contributed by atoms with E-state index in [4.69, 9.17) is 0 Å². The summed E-state index contributed by atoms with van der Waals surface area (Å²) in [5, 5.41) is 4.20. The Hall–Kier alpha value is -2.22. The lowest BCUT2D eigenvalue weighted by molar-refractivity contribution is 0.477. The third-order valence-electron chi connectivity index (χ3n) is 2.76. The molecule has 1 aromatic rings. The van der Waals surface area contributed by atoms with Crippen molar-refractivity contribution in [2.75, 3.05) is 5.01 Å². The highest BCUT2D eigenvalue weighted by molar-refractivity contribution is 5.74. The van der Waals surface area contributed by atoms with Gasteiger partial charge in [-0.05, 0) is 30.4 Å². The van der Waals surface area contributed by atoms with Crippen LogP contribution in [0.15, 0.2) is 67.2 Å². The Bertz CT molecular complexity index is 523. The van der Waals surface area contributed by atoms with Gasteiger partial charge in [0.25, 0.3) is 0 Å². The van der Waals surface area contributed by atoms with Crippen LogP contribution in [0.3, 0.4) is 0 Å². The summed E-state index contributed by atoms with van der Waals surface area (Å²) in [6.45, 7) is 3.85. The zero-order chi connectivity index (χ0) is 11.0. The maximum atomic E-state index is 3.85. The molecule has 0 unspecified atom stereocenters. The molecular weight excluding hydrogens is 196 g/mol. The fourth-order valence-corrected chi connectivity index (χ4v) is 2.01. The predicted molar refractivity (Wildman–Crippen MR) is 67.2 cm³/mol. The van der Waals surface area contributed by atoms with E-state index in [2.05, 4.69) is 53.1 Å². The Morgan fingerprint density at radius 1 is 1.00 bits per heavy atom. The Labute approximate surface area is 95.1 Å². The standard InChI is InChI=1S/C14H12N2/c1-2-13-11-12-7-3-4-8-14(12)16-10-6-5-9-15(13)16/h2-11H,1H2. The van der Waals surface area contributed by atoms with Crippen LogP contribution in [0.4, 0.5) is 5.69 Å². The number of hydrazine groups is 1.